The maximum Gasteiger partial charge on any atom is 0.224 e. The fourth-order valence-corrected chi connectivity index (χ4v) is 6.62. The number of carbonyl (C=O) groups excluding carboxylic acids is 3. The predicted octanol–water partition coefficient (Wildman–Crippen LogP) is 8.55. The Morgan fingerprint density at radius 3 is 2.38 bits per heavy atom. The van der Waals surface area contributed by atoms with Crippen LogP contribution in [-0.4, -0.2) is 48.0 Å². The fraction of sp³-hybridized carbons (Fsp3) is 0.333. The van der Waals surface area contributed by atoms with Crippen LogP contribution >= 0.6 is 23.4 Å². The van der Waals surface area contributed by atoms with E-state index in [2.05, 4.69) is 10.3 Å². The van der Waals surface area contributed by atoms with E-state index < -0.39 is 0 Å². The standard InChI is InChI=1S/C36H38ClN3O4S/c1-23-19-31(39-29-14-12-28(37)13-15-29)30-21-25(11-16-32(30)40(23)24(2)41)33(42)8-5-17-44-18-6-9-34(43)27-20-26-7-4-10-35(45-3)36(26)38-22-27/h4,7,10-16,20-23,31,39H,5-6,8-9,17-19H2,1-3H3/t23-,31+/m0/s1. The van der Waals surface area contributed by atoms with E-state index >= 15 is 0 Å². The molecule has 0 radical (unpaired) electrons. The Morgan fingerprint density at radius 2 is 1.69 bits per heavy atom. The van der Waals surface area contributed by atoms with Crippen LogP contribution in [0.15, 0.2) is 77.8 Å². The maximum absolute atomic E-state index is 13.2. The summed E-state index contributed by atoms with van der Waals surface area (Å²) in [5.41, 5.74) is 4.82. The fourth-order valence-electron chi connectivity index (χ4n) is 5.91. The monoisotopic (exact) mass is 643 g/mol. The third-order valence-electron chi connectivity index (χ3n) is 8.13. The molecule has 3 aromatic carbocycles. The number of pyridine rings is 1. The largest absolute Gasteiger partial charge is 0.381 e. The molecule has 1 aliphatic rings. The van der Waals surface area contributed by atoms with Crippen LogP contribution in [0.4, 0.5) is 11.4 Å². The summed E-state index contributed by atoms with van der Waals surface area (Å²) in [6.07, 6.45) is 6.30. The Morgan fingerprint density at radius 1 is 0.978 bits per heavy atom. The van der Waals surface area contributed by atoms with Crippen LogP contribution in [0.3, 0.4) is 0 Å². The molecule has 5 rings (SSSR count). The first-order chi connectivity index (χ1) is 21.7. The van der Waals surface area contributed by atoms with Gasteiger partial charge in [-0.25, -0.2) is 0 Å². The molecular weight excluding hydrogens is 606 g/mol. The highest BCUT2D eigenvalue weighted by Gasteiger charge is 2.33. The van der Waals surface area contributed by atoms with Gasteiger partial charge in [0.05, 0.1) is 11.6 Å². The number of hydrogen-bond acceptors (Lipinski definition) is 7. The lowest BCUT2D eigenvalue weighted by atomic mass is 9.89. The molecule has 1 aliphatic heterocycles. The second kappa shape index (κ2) is 15.0. The number of carbonyl (C=O) groups is 3. The van der Waals surface area contributed by atoms with Crippen molar-refractivity contribution in [2.24, 2.45) is 0 Å². The molecule has 2 heterocycles. The number of aromatic nitrogens is 1. The smallest absolute Gasteiger partial charge is 0.224 e. The predicted molar refractivity (Wildman–Crippen MR) is 183 cm³/mol. The summed E-state index contributed by atoms with van der Waals surface area (Å²) in [6.45, 7) is 4.51. The quantitative estimate of drug-likeness (QED) is 0.0887. The zero-order chi connectivity index (χ0) is 31.9. The molecule has 2 atom stereocenters. The number of ether oxygens (including phenoxy) is 1. The highest BCUT2D eigenvalue weighted by Crippen LogP contribution is 2.40. The van der Waals surface area contributed by atoms with Crippen molar-refractivity contribution in [3.8, 4) is 0 Å². The second-order valence-corrected chi connectivity index (χ2v) is 12.7. The number of hydrogen-bond donors (Lipinski definition) is 1. The highest BCUT2D eigenvalue weighted by molar-refractivity contribution is 7.98. The SMILES string of the molecule is CSc1cccc2cc(C(=O)CCCOCCCC(=O)c3ccc4c(c3)[C@H](Nc3ccc(Cl)cc3)C[C@H](C)N4C(C)=O)cnc12. The summed E-state index contributed by atoms with van der Waals surface area (Å²) in [7, 11) is 0. The Bertz CT molecular complexity index is 1690. The zero-order valence-corrected chi connectivity index (χ0v) is 27.4. The van der Waals surface area contributed by atoms with Crippen LogP contribution in [0.25, 0.3) is 10.9 Å². The number of amides is 1. The van der Waals surface area contributed by atoms with Crippen LogP contribution in [0.1, 0.15) is 78.3 Å². The number of benzene rings is 3. The Hall–Kier alpha value is -3.72. The van der Waals surface area contributed by atoms with Crippen LogP contribution in [0.5, 0.6) is 0 Å². The van der Waals surface area contributed by atoms with E-state index in [1.54, 1.807) is 29.8 Å². The number of nitrogens with one attached hydrogen (secondary N) is 1. The molecule has 1 amide bonds. The molecule has 45 heavy (non-hydrogen) atoms. The van der Waals surface area contributed by atoms with Crippen molar-refractivity contribution in [1.82, 2.24) is 4.98 Å². The minimum atomic E-state index is -0.0660. The zero-order valence-electron chi connectivity index (χ0n) is 25.8. The van der Waals surface area contributed by atoms with Crippen molar-refractivity contribution in [2.75, 3.05) is 29.7 Å². The molecular formula is C36H38ClN3O4S. The van der Waals surface area contributed by atoms with Crippen molar-refractivity contribution in [3.63, 3.8) is 0 Å². The van der Waals surface area contributed by atoms with Crippen LogP contribution in [0, 0.1) is 0 Å². The van der Waals surface area contributed by atoms with Gasteiger partial charge in [0.1, 0.15) is 0 Å². The first-order valence-corrected chi connectivity index (χ1v) is 16.9. The van der Waals surface area contributed by atoms with Gasteiger partial charge in [-0.05, 0) is 92.6 Å². The molecule has 0 unspecified atom stereocenters. The first-order valence-electron chi connectivity index (χ1n) is 15.3. The molecule has 0 saturated heterocycles. The lowest BCUT2D eigenvalue weighted by molar-refractivity contribution is -0.117. The summed E-state index contributed by atoms with van der Waals surface area (Å²) >= 11 is 7.71. The third kappa shape index (κ3) is 7.93. The molecule has 0 spiro atoms. The topological polar surface area (TPSA) is 88.6 Å². The number of Topliss-reactive ketones (excluding diaryl/α,β-unsaturated/α-hetero) is 2. The van der Waals surface area contributed by atoms with E-state index in [4.69, 9.17) is 16.3 Å². The van der Waals surface area contributed by atoms with Gasteiger partial charge < -0.3 is 15.0 Å². The minimum absolute atomic E-state index is 0.00576. The average molecular weight is 644 g/mol. The van der Waals surface area contributed by atoms with E-state index in [0.29, 0.717) is 61.5 Å². The molecule has 0 bridgehead atoms. The summed E-state index contributed by atoms with van der Waals surface area (Å²) in [5.74, 6) is 0.0558. The van der Waals surface area contributed by atoms with E-state index in [-0.39, 0.29) is 29.6 Å². The molecule has 9 heteroatoms. The Labute approximate surface area is 273 Å². The van der Waals surface area contributed by atoms with Gasteiger partial charge in [-0.1, -0.05) is 23.7 Å². The van der Waals surface area contributed by atoms with Crippen LogP contribution in [0.2, 0.25) is 5.02 Å². The van der Waals surface area contributed by atoms with Gasteiger partial charge in [-0.15, -0.1) is 11.8 Å². The summed E-state index contributed by atoms with van der Waals surface area (Å²) < 4.78 is 5.75. The van der Waals surface area contributed by atoms with Crippen molar-refractivity contribution in [1.29, 1.82) is 0 Å². The van der Waals surface area contributed by atoms with Crippen LogP contribution in [-0.2, 0) is 9.53 Å². The third-order valence-corrected chi connectivity index (χ3v) is 9.15. The first kappa shape index (κ1) is 32.7. The summed E-state index contributed by atoms with van der Waals surface area (Å²) in [4.78, 5) is 45.8. The van der Waals surface area contributed by atoms with Crippen LogP contribution < -0.4 is 10.2 Å². The molecule has 0 fully saturated rings. The molecule has 1 aromatic heterocycles. The van der Waals surface area contributed by atoms with Gasteiger partial charge in [0.25, 0.3) is 0 Å². The summed E-state index contributed by atoms with van der Waals surface area (Å²) in [6, 6.07) is 21.0. The van der Waals surface area contributed by atoms with Gasteiger partial charge in [0, 0.05) is 83.0 Å². The maximum atomic E-state index is 13.2. The number of nitrogens with zero attached hydrogens (tertiary/aromatic N) is 2. The summed E-state index contributed by atoms with van der Waals surface area (Å²) in [5, 5.41) is 5.19. The van der Waals surface area contributed by atoms with E-state index in [1.807, 2.05) is 79.9 Å². The van der Waals surface area contributed by atoms with E-state index in [1.165, 1.54) is 0 Å². The molecule has 4 aromatic rings. The van der Waals surface area contributed by atoms with Gasteiger partial charge in [-0.3, -0.25) is 19.4 Å². The number of fused-ring (bicyclic) bond motifs is 2. The normalized spacial score (nSPS) is 16.0. The second-order valence-electron chi connectivity index (χ2n) is 11.4. The number of para-hydroxylation sites is 1. The number of anilines is 2. The highest BCUT2D eigenvalue weighted by atomic mass is 35.5. The van der Waals surface area contributed by atoms with Crippen molar-refractivity contribution in [3.05, 3.63) is 94.6 Å². The van der Waals surface area contributed by atoms with Crippen molar-refractivity contribution in [2.45, 2.75) is 62.9 Å². The number of halogens is 1. The molecule has 0 saturated carbocycles. The average Bonchev–Trinajstić information content (AvgIpc) is 3.04. The van der Waals surface area contributed by atoms with Crippen molar-refractivity contribution >= 4 is 63.1 Å². The molecule has 234 valence electrons. The van der Waals surface area contributed by atoms with Crippen molar-refractivity contribution < 1.29 is 19.1 Å². The number of thioether (sulfide) groups is 1. The number of rotatable bonds is 13. The van der Waals surface area contributed by atoms with Gasteiger partial charge in [0.15, 0.2) is 11.6 Å². The lowest BCUT2D eigenvalue weighted by Gasteiger charge is -2.39. The lowest BCUT2D eigenvalue weighted by Crippen LogP contribution is -2.43. The van der Waals surface area contributed by atoms with Gasteiger partial charge in [0.2, 0.25) is 5.91 Å². The Balaban J connectivity index is 1.12. The number of ketones is 2. The van der Waals surface area contributed by atoms with E-state index in [9.17, 15) is 14.4 Å². The minimum Gasteiger partial charge on any atom is -0.381 e. The van der Waals surface area contributed by atoms with Gasteiger partial charge >= 0.3 is 0 Å². The Kier molecular flexibility index (Phi) is 10.9. The molecule has 1 N–H and O–H groups in total. The molecule has 0 aliphatic carbocycles. The van der Waals surface area contributed by atoms with E-state index in [0.717, 1.165) is 32.7 Å². The van der Waals surface area contributed by atoms with Gasteiger partial charge in [-0.2, -0.15) is 0 Å². The molecule has 7 nitrogen and oxygen atoms in total.